The molecule has 0 bridgehead atoms. The monoisotopic (exact) mass is 250 g/mol. The Morgan fingerprint density at radius 3 is 2.12 bits per heavy atom. The summed E-state index contributed by atoms with van der Waals surface area (Å²) in [5.74, 6) is -9.52. The van der Waals surface area contributed by atoms with Gasteiger partial charge in [-0.15, -0.1) is 0 Å². The van der Waals surface area contributed by atoms with Crippen molar-refractivity contribution in [2.75, 3.05) is 6.61 Å². The van der Waals surface area contributed by atoms with Crippen molar-refractivity contribution >= 4 is 5.97 Å². The quantitative estimate of drug-likeness (QED) is 0.506. The largest absolute Gasteiger partial charge is 0.482 e. The Balaban J connectivity index is 2.99. The molecule has 0 fully saturated rings. The lowest BCUT2D eigenvalue weighted by Gasteiger charge is -2.09. The predicted octanol–water partition coefficient (Wildman–Crippen LogP) is 2.26. The summed E-state index contributed by atoms with van der Waals surface area (Å²) in [5.41, 5.74) is -0.520. The summed E-state index contributed by atoms with van der Waals surface area (Å²) in [4.78, 5) is 10.3. The third-order valence-electron chi connectivity index (χ3n) is 1.76. The number of ether oxygens (including phenoxy) is 1. The first-order valence-electron chi connectivity index (χ1n) is 4.21. The van der Waals surface area contributed by atoms with Gasteiger partial charge in [-0.25, -0.2) is 13.6 Å². The van der Waals surface area contributed by atoms with Gasteiger partial charge >= 0.3 is 5.97 Å². The molecule has 92 valence electrons. The van der Waals surface area contributed by atoms with Crippen molar-refractivity contribution in [2.24, 2.45) is 0 Å². The molecule has 0 saturated heterocycles. The van der Waals surface area contributed by atoms with Crippen LogP contribution in [-0.4, -0.2) is 17.7 Å². The van der Waals surface area contributed by atoms with Gasteiger partial charge in [0.2, 0.25) is 11.6 Å². The first kappa shape index (κ1) is 13.0. The molecular formula is C10H6F4O3. The van der Waals surface area contributed by atoms with Crippen LogP contribution in [0.25, 0.3) is 0 Å². The summed E-state index contributed by atoms with van der Waals surface area (Å²) in [6.45, 7) is 2.22. The molecule has 0 spiro atoms. The Morgan fingerprint density at radius 1 is 1.24 bits per heavy atom. The number of rotatable bonds is 4. The fraction of sp³-hybridized carbons (Fsp3) is 0.100. The fourth-order valence-corrected chi connectivity index (χ4v) is 0.899. The molecule has 17 heavy (non-hydrogen) atoms. The summed E-state index contributed by atoms with van der Waals surface area (Å²) >= 11 is 0. The summed E-state index contributed by atoms with van der Waals surface area (Å²) in [6.07, 6.45) is 0. The standard InChI is InChI=1S/C10H6F4O3/c1-4(10(15)16)3-17-9-7(13)5(11)2-6(12)8(9)14/h2H,1,3H2,(H,15,16). The molecule has 1 N–H and O–H groups in total. The highest BCUT2D eigenvalue weighted by Gasteiger charge is 2.21. The van der Waals surface area contributed by atoms with Gasteiger partial charge in [0.1, 0.15) is 6.61 Å². The van der Waals surface area contributed by atoms with Gasteiger partial charge < -0.3 is 9.84 Å². The van der Waals surface area contributed by atoms with E-state index in [1.807, 2.05) is 0 Å². The molecule has 0 atom stereocenters. The normalized spacial score (nSPS) is 10.1. The van der Waals surface area contributed by atoms with E-state index in [9.17, 15) is 22.4 Å². The molecule has 1 aromatic carbocycles. The Morgan fingerprint density at radius 2 is 1.71 bits per heavy atom. The highest BCUT2D eigenvalue weighted by molar-refractivity contribution is 5.86. The van der Waals surface area contributed by atoms with Crippen molar-refractivity contribution in [2.45, 2.75) is 0 Å². The minimum absolute atomic E-state index is 0.0174. The van der Waals surface area contributed by atoms with Gasteiger partial charge in [-0.3, -0.25) is 0 Å². The number of hydrogen-bond donors (Lipinski definition) is 1. The average Bonchev–Trinajstić information content (AvgIpc) is 2.26. The molecule has 0 unspecified atom stereocenters. The number of carboxylic acid groups (broad SMARTS) is 1. The van der Waals surface area contributed by atoms with Gasteiger partial charge in [-0.1, -0.05) is 6.58 Å². The first-order valence-corrected chi connectivity index (χ1v) is 4.21. The smallest absolute Gasteiger partial charge is 0.334 e. The van der Waals surface area contributed by atoms with Gasteiger partial charge in [0, 0.05) is 6.07 Å². The number of benzene rings is 1. The molecule has 3 nitrogen and oxygen atoms in total. The van der Waals surface area contributed by atoms with Crippen LogP contribution in [0.3, 0.4) is 0 Å². The Hall–Kier alpha value is -2.05. The zero-order valence-corrected chi connectivity index (χ0v) is 8.27. The van der Waals surface area contributed by atoms with E-state index in [-0.39, 0.29) is 6.07 Å². The fourth-order valence-electron chi connectivity index (χ4n) is 0.899. The van der Waals surface area contributed by atoms with E-state index < -0.39 is 47.2 Å². The molecule has 0 aliphatic rings. The molecule has 0 aliphatic carbocycles. The molecule has 0 saturated carbocycles. The first-order chi connectivity index (χ1) is 7.84. The van der Waals surface area contributed by atoms with Gasteiger partial charge in [0.15, 0.2) is 17.4 Å². The average molecular weight is 250 g/mol. The Bertz CT molecular complexity index is 459. The third-order valence-corrected chi connectivity index (χ3v) is 1.76. The second kappa shape index (κ2) is 4.86. The van der Waals surface area contributed by atoms with Crippen molar-refractivity contribution in [1.29, 1.82) is 0 Å². The predicted molar refractivity (Wildman–Crippen MR) is 48.5 cm³/mol. The maximum Gasteiger partial charge on any atom is 0.334 e. The second-order valence-corrected chi connectivity index (χ2v) is 2.99. The summed E-state index contributed by atoms with van der Waals surface area (Å²) in [6, 6.07) is 0.0174. The van der Waals surface area contributed by atoms with E-state index in [1.54, 1.807) is 0 Å². The summed E-state index contributed by atoms with van der Waals surface area (Å²) < 4.78 is 55.8. The Labute approximate surface area is 92.9 Å². The zero-order valence-electron chi connectivity index (χ0n) is 8.27. The van der Waals surface area contributed by atoms with Crippen molar-refractivity contribution < 1.29 is 32.2 Å². The van der Waals surface area contributed by atoms with Gasteiger partial charge in [-0.05, 0) is 0 Å². The summed E-state index contributed by atoms with van der Waals surface area (Å²) in [7, 11) is 0. The van der Waals surface area contributed by atoms with Crippen LogP contribution in [-0.2, 0) is 4.79 Å². The molecule has 7 heteroatoms. The van der Waals surface area contributed by atoms with Gasteiger partial charge in [0.05, 0.1) is 5.57 Å². The molecule has 1 aromatic rings. The SMILES string of the molecule is C=C(COc1c(F)c(F)cc(F)c1F)C(=O)O. The third kappa shape index (κ3) is 2.74. The molecule has 0 radical (unpaired) electrons. The number of carbonyl (C=O) groups is 1. The van der Waals surface area contributed by atoms with Crippen molar-refractivity contribution in [3.05, 3.63) is 41.5 Å². The summed E-state index contributed by atoms with van der Waals surface area (Å²) in [5, 5.41) is 8.39. The zero-order chi connectivity index (χ0) is 13.2. The van der Waals surface area contributed by atoms with Gasteiger partial charge in [-0.2, -0.15) is 8.78 Å². The molecular weight excluding hydrogens is 244 g/mol. The van der Waals surface area contributed by atoms with Crippen LogP contribution in [0.1, 0.15) is 0 Å². The van der Waals surface area contributed by atoms with Gasteiger partial charge in [0.25, 0.3) is 0 Å². The lowest BCUT2D eigenvalue weighted by Crippen LogP contribution is -2.11. The number of carboxylic acids is 1. The topological polar surface area (TPSA) is 46.5 Å². The Kier molecular flexibility index (Phi) is 3.72. The highest BCUT2D eigenvalue weighted by atomic mass is 19.2. The molecule has 1 rings (SSSR count). The highest BCUT2D eigenvalue weighted by Crippen LogP contribution is 2.26. The van der Waals surface area contributed by atoms with Crippen LogP contribution in [0.15, 0.2) is 18.2 Å². The van der Waals surface area contributed by atoms with Crippen molar-refractivity contribution in [3.63, 3.8) is 0 Å². The molecule has 0 heterocycles. The maximum absolute atomic E-state index is 13.0. The van der Waals surface area contributed by atoms with Crippen molar-refractivity contribution in [3.8, 4) is 5.75 Å². The van der Waals surface area contributed by atoms with E-state index >= 15 is 0 Å². The van der Waals surface area contributed by atoms with E-state index in [1.165, 1.54) is 0 Å². The maximum atomic E-state index is 13.0. The van der Waals surface area contributed by atoms with Crippen LogP contribution in [0.5, 0.6) is 5.75 Å². The number of halogens is 4. The van der Waals surface area contributed by atoms with Crippen LogP contribution in [0, 0.1) is 23.3 Å². The molecule has 0 aromatic heterocycles. The van der Waals surface area contributed by atoms with E-state index in [0.717, 1.165) is 0 Å². The molecule has 0 aliphatic heterocycles. The lowest BCUT2D eigenvalue weighted by molar-refractivity contribution is -0.133. The van der Waals surface area contributed by atoms with Crippen molar-refractivity contribution in [1.82, 2.24) is 0 Å². The number of hydrogen-bond acceptors (Lipinski definition) is 2. The van der Waals surface area contributed by atoms with Crippen LogP contribution in [0.2, 0.25) is 0 Å². The van der Waals surface area contributed by atoms with Crippen LogP contribution < -0.4 is 4.74 Å². The minimum Gasteiger partial charge on any atom is -0.482 e. The second-order valence-electron chi connectivity index (χ2n) is 2.99. The van der Waals surface area contributed by atoms with Crippen LogP contribution in [0.4, 0.5) is 17.6 Å². The number of aliphatic carboxylic acids is 1. The molecule has 0 amide bonds. The van der Waals surface area contributed by atoms with E-state index in [4.69, 9.17) is 5.11 Å². The van der Waals surface area contributed by atoms with Crippen LogP contribution >= 0.6 is 0 Å². The van der Waals surface area contributed by atoms with E-state index in [0.29, 0.717) is 0 Å². The lowest BCUT2D eigenvalue weighted by atomic mass is 10.3. The van der Waals surface area contributed by atoms with E-state index in [2.05, 4.69) is 11.3 Å². The minimum atomic E-state index is -1.73.